The van der Waals surface area contributed by atoms with Gasteiger partial charge in [0.2, 0.25) is 0 Å². The number of non-ortho nitro benzene ring substituents is 1. The molecule has 6 nitrogen and oxygen atoms in total. The van der Waals surface area contributed by atoms with Crippen molar-refractivity contribution in [2.45, 2.75) is 12.8 Å². The summed E-state index contributed by atoms with van der Waals surface area (Å²) in [7, 11) is 1.25. The Hall–Kier alpha value is -2.41. The molecular formula is C14H13NO5S. The van der Waals surface area contributed by atoms with Gasteiger partial charge in [-0.05, 0) is 5.56 Å². The van der Waals surface area contributed by atoms with Crippen molar-refractivity contribution in [2.24, 2.45) is 0 Å². The number of nitro benzene ring substituents is 1. The first-order chi connectivity index (χ1) is 9.95. The number of nitrogens with zero attached hydrogens (tertiary/aromatic N) is 1. The number of nitro groups is 1. The highest BCUT2D eigenvalue weighted by Crippen LogP contribution is 2.37. The number of benzene rings is 1. The summed E-state index contributed by atoms with van der Waals surface area (Å²) in [5, 5.41) is 21.9. The van der Waals surface area contributed by atoms with Crippen molar-refractivity contribution >= 4 is 23.0 Å². The SMILES string of the molecule is COC(=O)c1c(O)csc1C(C)c1ccc([N+](=O)[O-])cc1. The molecule has 0 radical (unpaired) electrons. The van der Waals surface area contributed by atoms with Crippen molar-refractivity contribution in [3.63, 3.8) is 0 Å². The largest absolute Gasteiger partial charge is 0.506 e. The second kappa shape index (κ2) is 5.92. The molecule has 0 spiro atoms. The van der Waals surface area contributed by atoms with Gasteiger partial charge in [0.15, 0.2) is 0 Å². The molecule has 1 aromatic heterocycles. The van der Waals surface area contributed by atoms with Crippen molar-refractivity contribution in [1.29, 1.82) is 0 Å². The van der Waals surface area contributed by atoms with Gasteiger partial charge in [-0.2, -0.15) is 0 Å². The number of rotatable bonds is 4. The van der Waals surface area contributed by atoms with E-state index in [0.717, 1.165) is 5.56 Å². The Balaban J connectivity index is 2.38. The Morgan fingerprint density at radius 1 is 1.38 bits per heavy atom. The number of aromatic hydroxyl groups is 1. The maximum atomic E-state index is 11.7. The van der Waals surface area contributed by atoms with Crippen molar-refractivity contribution < 1.29 is 19.6 Å². The van der Waals surface area contributed by atoms with Gasteiger partial charge in [-0.3, -0.25) is 10.1 Å². The van der Waals surface area contributed by atoms with Crippen LogP contribution in [0.2, 0.25) is 0 Å². The molecule has 21 heavy (non-hydrogen) atoms. The Bertz CT molecular complexity index is 677. The zero-order valence-electron chi connectivity index (χ0n) is 11.4. The number of esters is 1. The first-order valence-electron chi connectivity index (χ1n) is 6.08. The van der Waals surface area contributed by atoms with E-state index in [-0.39, 0.29) is 22.9 Å². The smallest absolute Gasteiger partial charge is 0.342 e. The van der Waals surface area contributed by atoms with Gasteiger partial charge >= 0.3 is 5.97 Å². The van der Waals surface area contributed by atoms with Gasteiger partial charge in [0.05, 0.1) is 12.0 Å². The van der Waals surface area contributed by atoms with Crippen LogP contribution in [0.4, 0.5) is 5.69 Å². The van der Waals surface area contributed by atoms with Crippen molar-refractivity contribution in [3.8, 4) is 5.75 Å². The summed E-state index contributed by atoms with van der Waals surface area (Å²) >= 11 is 1.25. The predicted molar refractivity (Wildman–Crippen MR) is 77.9 cm³/mol. The molecule has 0 fully saturated rings. The Morgan fingerprint density at radius 2 is 2.00 bits per heavy atom. The van der Waals surface area contributed by atoms with Crippen LogP contribution in [0.3, 0.4) is 0 Å². The van der Waals surface area contributed by atoms with Gasteiger partial charge in [-0.15, -0.1) is 11.3 Å². The summed E-state index contributed by atoms with van der Waals surface area (Å²) in [6.07, 6.45) is 0. The number of ether oxygens (including phenoxy) is 1. The average molecular weight is 307 g/mol. The second-order valence-electron chi connectivity index (χ2n) is 4.42. The fourth-order valence-corrected chi connectivity index (χ4v) is 3.03. The Morgan fingerprint density at radius 3 is 2.52 bits per heavy atom. The van der Waals surface area contributed by atoms with E-state index in [0.29, 0.717) is 4.88 Å². The van der Waals surface area contributed by atoms with Gasteiger partial charge in [0.25, 0.3) is 5.69 Å². The summed E-state index contributed by atoms with van der Waals surface area (Å²) in [4.78, 5) is 22.6. The number of thiophene rings is 1. The number of methoxy groups -OCH3 is 1. The van der Waals surface area contributed by atoms with Gasteiger partial charge in [-0.25, -0.2) is 4.79 Å². The van der Waals surface area contributed by atoms with Crippen LogP contribution in [-0.2, 0) is 4.74 Å². The summed E-state index contributed by atoms with van der Waals surface area (Å²) in [6.45, 7) is 1.86. The second-order valence-corrected chi connectivity index (χ2v) is 5.33. The third-order valence-corrected chi connectivity index (χ3v) is 4.34. The van der Waals surface area contributed by atoms with Crippen molar-refractivity contribution in [1.82, 2.24) is 0 Å². The summed E-state index contributed by atoms with van der Waals surface area (Å²) in [6, 6.07) is 6.11. The molecular weight excluding hydrogens is 294 g/mol. The number of carbonyl (C=O) groups excluding carboxylic acids is 1. The van der Waals surface area contributed by atoms with E-state index >= 15 is 0 Å². The van der Waals surface area contributed by atoms with Gasteiger partial charge in [0, 0.05) is 28.3 Å². The Kier molecular flexibility index (Phi) is 4.23. The topological polar surface area (TPSA) is 89.7 Å². The molecule has 1 unspecified atom stereocenters. The van der Waals surface area contributed by atoms with Crippen LogP contribution in [0.25, 0.3) is 0 Å². The van der Waals surface area contributed by atoms with Crippen LogP contribution in [0.1, 0.15) is 33.6 Å². The van der Waals surface area contributed by atoms with E-state index in [4.69, 9.17) is 0 Å². The molecule has 2 rings (SSSR count). The van der Waals surface area contributed by atoms with Crippen LogP contribution in [0.5, 0.6) is 5.75 Å². The zero-order valence-corrected chi connectivity index (χ0v) is 12.2. The van der Waals surface area contributed by atoms with E-state index in [1.807, 2.05) is 6.92 Å². The molecule has 7 heteroatoms. The first-order valence-corrected chi connectivity index (χ1v) is 6.96. The molecule has 1 N–H and O–H groups in total. The van der Waals surface area contributed by atoms with Crippen LogP contribution >= 0.6 is 11.3 Å². The maximum absolute atomic E-state index is 11.7. The molecule has 0 saturated heterocycles. The monoisotopic (exact) mass is 307 g/mol. The van der Waals surface area contributed by atoms with Crippen LogP contribution in [0.15, 0.2) is 29.6 Å². The van der Waals surface area contributed by atoms with Crippen molar-refractivity contribution in [2.75, 3.05) is 7.11 Å². The highest BCUT2D eigenvalue weighted by molar-refractivity contribution is 7.10. The lowest BCUT2D eigenvalue weighted by molar-refractivity contribution is -0.384. The van der Waals surface area contributed by atoms with Gasteiger partial charge < -0.3 is 9.84 Å². The molecule has 0 saturated carbocycles. The van der Waals surface area contributed by atoms with E-state index in [2.05, 4.69) is 4.74 Å². The van der Waals surface area contributed by atoms with Gasteiger partial charge in [-0.1, -0.05) is 19.1 Å². The third-order valence-electron chi connectivity index (χ3n) is 3.19. The summed E-state index contributed by atoms with van der Waals surface area (Å²) in [5.74, 6) is -0.904. The highest BCUT2D eigenvalue weighted by Gasteiger charge is 2.24. The fourth-order valence-electron chi connectivity index (χ4n) is 2.03. The minimum absolute atomic E-state index is 0.00756. The minimum atomic E-state index is -0.600. The van der Waals surface area contributed by atoms with Crippen molar-refractivity contribution in [3.05, 3.63) is 55.8 Å². The molecule has 0 amide bonds. The van der Waals surface area contributed by atoms with Crippen LogP contribution in [-0.4, -0.2) is 23.1 Å². The molecule has 0 aliphatic carbocycles. The molecule has 110 valence electrons. The van der Waals surface area contributed by atoms with E-state index in [9.17, 15) is 20.0 Å². The molecule has 0 aliphatic rings. The first kappa shape index (κ1) is 15.0. The molecule has 1 aromatic carbocycles. The van der Waals surface area contributed by atoms with E-state index in [1.54, 1.807) is 12.1 Å². The molecule has 1 heterocycles. The van der Waals surface area contributed by atoms with E-state index in [1.165, 1.54) is 36.0 Å². The number of hydrogen-bond acceptors (Lipinski definition) is 6. The fraction of sp³-hybridized carbons (Fsp3) is 0.214. The molecule has 1 atom stereocenters. The third kappa shape index (κ3) is 2.87. The highest BCUT2D eigenvalue weighted by atomic mass is 32.1. The normalized spacial score (nSPS) is 11.9. The average Bonchev–Trinajstić information content (AvgIpc) is 2.87. The van der Waals surface area contributed by atoms with Crippen LogP contribution < -0.4 is 0 Å². The Labute approximate surface area is 124 Å². The summed E-state index contributed by atoms with van der Waals surface area (Å²) < 4.78 is 4.67. The predicted octanol–water partition coefficient (Wildman–Crippen LogP) is 3.30. The van der Waals surface area contributed by atoms with Crippen LogP contribution in [0, 0.1) is 10.1 Å². The lowest BCUT2D eigenvalue weighted by Crippen LogP contribution is -2.06. The maximum Gasteiger partial charge on any atom is 0.342 e. The van der Waals surface area contributed by atoms with E-state index < -0.39 is 10.9 Å². The quantitative estimate of drug-likeness (QED) is 0.532. The number of carbonyl (C=O) groups is 1. The lowest BCUT2D eigenvalue weighted by Gasteiger charge is -2.12. The summed E-state index contributed by atoms with van der Waals surface area (Å²) in [5.41, 5.74) is 0.967. The molecule has 2 aromatic rings. The standard InChI is InChI=1S/C14H13NO5S/c1-8(9-3-5-10(6-4-9)15(18)19)13-12(14(17)20-2)11(16)7-21-13/h3-8,16H,1-2H3. The molecule has 0 bridgehead atoms. The molecule has 0 aliphatic heterocycles. The zero-order chi connectivity index (χ0) is 15.6. The lowest BCUT2D eigenvalue weighted by atomic mass is 9.96. The minimum Gasteiger partial charge on any atom is -0.506 e. The van der Waals surface area contributed by atoms with Gasteiger partial charge in [0.1, 0.15) is 11.3 Å². The number of hydrogen-bond donors (Lipinski definition) is 1.